The van der Waals surface area contributed by atoms with Gasteiger partial charge in [0.25, 0.3) is 0 Å². The van der Waals surface area contributed by atoms with Crippen molar-refractivity contribution in [2.45, 2.75) is 39.5 Å². The second kappa shape index (κ2) is 13.7. The number of anilines is 1. The number of piperidine rings is 1. The summed E-state index contributed by atoms with van der Waals surface area (Å²) in [6.07, 6.45) is 2.81. The first kappa shape index (κ1) is 26.5. The van der Waals surface area contributed by atoms with Crippen LogP contribution in [0, 0.1) is 12.8 Å². The van der Waals surface area contributed by atoms with Crippen molar-refractivity contribution in [2.24, 2.45) is 10.9 Å². The molecule has 0 atom stereocenters. The highest BCUT2D eigenvalue weighted by atomic mass is 127. The van der Waals surface area contributed by atoms with Crippen molar-refractivity contribution in [2.75, 3.05) is 38.5 Å². The molecule has 9 heteroatoms. The van der Waals surface area contributed by atoms with Gasteiger partial charge in [-0.05, 0) is 50.3 Å². The van der Waals surface area contributed by atoms with Crippen molar-refractivity contribution in [1.82, 2.24) is 15.5 Å². The Morgan fingerprint density at radius 2 is 1.93 bits per heavy atom. The van der Waals surface area contributed by atoms with Crippen molar-refractivity contribution in [1.29, 1.82) is 0 Å². The lowest BCUT2D eigenvalue weighted by Gasteiger charge is -2.34. The largest absolute Gasteiger partial charge is 0.359 e. The molecule has 1 aromatic rings. The molecular weight excluding hydrogens is 517 g/mol. The lowest BCUT2D eigenvalue weighted by Crippen LogP contribution is -2.46. The van der Waals surface area contributed by atoms with E-state index in [0.717, 1.165) is 49.7 Å². The first-order chi connectivity index (χ1) is 13.9. The standard InChI is InChI=1S/C21H32ClN5O2.HI/c1-4-24-21(27-12-9-16(10-13-27)14-20(29)23-3)25-11-8-19(28)26-18-7-5-6-17(22)15(18)2;/h5-7,16H,4,8-14H2,1-3H3,(H,23,29)(H,24,25)(H,26,28);1H. The van der Waals surface area contributed by atoms with E-state index in [0.29, 0.717) is 30.3 Å². The van der Waals surface area contributed by atoms with Crippen LogP contribution in [0.1, 0.15) is 38.2 Å². The van der Waals surface area contributed by atoms with E-state index >= 15 is 0 Å². The van der Waals surface area contributed by atoms with Gasteiger partial charge in [-0.15, -0.1) is 24.0 Å². The molecule has 1 fully saturated rings. The summed E-state index contributed by atoms with van der Waals surface area (Å²) in [6, 6.07) is 5.47. The van der Waals surface area contributed by atoms with Crippen LogP contribution >= 0.6 is 35.6 Å². The Morgan fingerprint density at radius 3 is 2.57 bits per heavy atom. The highest BCUT2D eigenvalue weighted by Gasteiger charge is 2.23. The molecule has 2 amide bonds. The van der Waals surface area contributed by atoms with Gasteiger partial charge < -0.3 is 20.9 Å². The number of halogens is 2. The summed E-state index contributed by atoms with van der Waals surface area (Å²) < 4.78 is 0. The Labute approximate surface area is 201 Å². The normalized spacial score (nSPS) is 14.7. The van der Waals surface area contributed by atoms with Gasteiger partial charge in [0, 0.05) is 50.2 Å². The van der Waals surface area contributed by atoms with Gasteiger partial charge in [-0.25, -0.2) is 0 Å². The SMILES string of the molecule is CCNC(=NCCC(=O)Nc1cccc(Cl)c1C)N1CCC(CC(=O)NC)CC1.I. The van der Waals surface area contributed by atoms with Crippen LogP contribution in [0.25, 0.3) is 0 Å². The maximum Gasteiger partial charge on any atom is 0.226 e. The van der Waals surface area contributed by atoms with Crippen molar-refractivity contribution in [3.63, 3.8) is 0 Å². The van der Waals surface area contributed by atoms with Crippen LogP contribution in [-0.4, -0.2) is 55.9 Å². The van der Waals surface area contributed by atoms with Crippen molar-refractivity contribution in [3.05, 3.63) is 28.8 Å². The van der Waals surface area contributed by atoms with E-state index in [9.17, 15) is 9.59 Å². The van der Waals surface area contributed by atoms with Gasteiger partial charge in [0.2, 0.25) is 11.8 Å². The maximum atomic E-state index is 12.3. The summed E-state index contributed by atoms with van der Waals surface area (Å²) in [6.45, 7) is 6.81. The number of guanidine groups is 1. The van der Waals surface area contributed by atoms with E-state index < -0.39 is 0 Å². The number of nitrogens with one attached hydrogen (secondary N) is 3. The fraction of sp³-hybridized carbons (Fsp3) is 0.571. The molecule has 7 nitrogen and oxygen atoms in total. The zero-order chi connectivity index (χ0) is 21.2. The molecular formula is C21H33ClIN5O2. The van der Waals surface area contributed by atoms with Crippen LogP contribution in [0.15, 0.2) is 23.2 Å². The number of carbonyl (C=O) groups is 2. The first-order valence-corrected chi connectivity index (χ1v) is 10.6. The third-order valence-corrected chi connectivity index (χ3v) is 5.55. The first-order valence-electron chi connectivity index (χ1n) is 10.2. The molecule has 1 aromatic carbocycles. The van der Waals surface area contributed by atoms with E-state index in [1.165, 1.54) is 0 Å². The number of likely N-dealkylation sites (tertiary alicyclic amines) is 1. The molecule has 1 aliphatic rings. The summed E-state index contributed by atoms with van der Waals surface area (Å²) in [5.41, 5.74) is 1.59. The fourth-order valence-corrected chi connectivity index (χ4v) is 3.53. The van der Waals surface area contributed by atoms with Gasteiger partial charge in [0.05, 0.1) is 6.54 Å². The molecule has 0 saturated carbocycles. The van der Waals surface area contributed by atoms with Gasteiger partial charge in [0.1, 0.15) is 0 Å². The lowest BCUT2D eigenvalue weighted by atomic mass is 9.93. The maximum absolute atomic E-state index is 12.3. The molecule has 1 heterocycles. The predicted octanol–water partition coefficient (Wildman–Crippen LogP) is 3.41. The summed E-state index contributed by atoms with van der Waals surface area (Å²) in [7, 11) is 1.68. The number of rotatable bonds is 7. The summed E-state index contributed by atoms with van der Waals surface area (Å²) in [5, 5.41) is 9.54. The number of carbonyl (C=O) groups excluding carboxylic acids is 2. The second-order valence-corrected chi connectivity index (χ2v) is 7.66. The van der Waals surface area contributed by atoms with E-state index in [2.05, 4.69) is 25.8 Å². The Morgan fingerprint density at radius 1 is 1.23 bits per heavy atom. The van der Waals surface area contributed by atoms with Gasteiger partial charge in [0.15, 0.2) is 5.96 Å². The minimum Gasteiger partial charge on any atom is -0.359 e. The highest BCUT2D eigenvalue weighted by molar-refractivity contribution is 14.0. The van der Waals surface area contributed by atoms with Gasteiger partial charge in [-0.3, -0.25) is 14.6 Å². The van der Waals surface area contributed by atoms with Gasteiger partial charge in [-0.1, -0.05) is 17.7 Å². The smallest absolute Gasteiger partial charge is 0.226 e. The van der Waals surface area contributed by atoms with E-state index in [4.69, 9.17) is 11.6 Å². The number of hydrogen-bond acceptors (Lipinski definition) is 3. The molecule has 1 saturated heterocycles. The molecule has 30 heavy (non-hydrogen) atoms. The summed E-state index contributed by atoms with van der Waals surface area (Å²) in [4.78, 5) is 30.7. The molecule has 0 radical (unpaired) electrons. The van der Waals surface area contributed by atoms with Crippen LogP contribution in [-0.2, 0) is 9.59 Å². The number of aliphatic imine (C=N–C) groups is 1. The molecule has 0 bridgehead atoms. The third kappa shape index (κ3) is 8.29. The summed E-state index contributed by atoms with van der Waals surface area (Å²) >= 11 is 6.10. The van der Waals surface area contributed by atoms with Crippen molar-refractivity contribution < 1.29 is 9.59 Å². The van der Waals surface area contributed by atoms with Crippen LogP contribution in [0.3, 0.4) is 0 Å². The van der Waals surface area contributed by atoms with Crippen LogP contribution in [0.4, 0.5) is 5.69 Å². The molecule has 168 valence electrons. The quantitative estimate of drug-likeness (QED) is 0.276. The third-order valence-electron chi connectivity index (χ3n) is 5.14. The molecule has 0 aromatic heterocycles. The monoisotopic (exact) mass is 549 g/mol. The van der Waals surface area contributed by atoms with Crippen LogP contribution in [0.2, 0.25) is 5.02 Å². The summed E-state index contributed by atoms with van der Waals surface area (Å²) in [5.74, 6) is 1.27. The number of hydrogen-bond donors (Lipinski definition) is 3. The topological polar surface area (TPSA) is 85.8 Å². The zero-order valence-corrected chi connectivity index (χ0v) is 21.0. The molecule has 0 spiro atoms. The van der Waals surface area contributed by atoms with E-state index in [1.54, 1.807) is 13.1 Å². The van der Waals surface area contributed by atoms with Crippen LogP contribution in [0.5, 0.6) is 0 Å². The average molecular weight is 550 g/mol. The molecule has 0 aliphatic carbocycles. The molecule has 1 aliphatic heterocycles. The highest BCUT2D eigenvalue weighted by Crippen LogP contribution is 2.23. The average Bonchev–Trinajstić information content (AvgIpc) is 2.71. The molecule has 0 unspecified atom stereocenters. The zero-order valence-electron chi connectivity index (χ0n) is 18.0. The fourth-order valence-electron chi connectivity index (χ4n) is 3.36. The van der Waals surface area contributed by atoms with Crippen molar-refractivity contribution >= 4 is 59.0 Å². The minimum atomic E-state index is -0.0840. The van der Waals surface area contributed by atoms with Crippen LogP contribution < -0.4 is 16.0 Å². The number of amides is 2. The Bertz CT molecular complexity index is 736. The van der Waals surface area contributed by atoms with Crippen molar-refractivity contribution in [3.8, 4) is 0 Å². The number of benzene rings is 1. The molecule has 3 N–H and O–H groups in total. The number of nitrogens with zero attached hydrogens (tertiary/aromatic N) is 2. The Hall–Kier alpha value is -1.55. The Kier molecular flexibility index (Phi) is 12.1. The van der Waals surface area contributed by atoms with Gasteiger partial charge >= 0.3 is 0 Å². The van der Waals surface area contributed by atoms with E-state index in [1.807, 2.05) is 26.0 Å². The predicted molar refractivity (Wildman–Crippen MR) is 134 cm³/mol. The molecule has 2 rings (SSSR count). The Balaban J connectivity index is 0.00000450. The lowest BCUT2D eigenvalue weighted by molar-refractivity contribution is -0.121. The van der Waals surface area contributed by atoms with Gasteiger partial charge in [-0.2, -0.15) is 0 Å². The second-order valence-electron chi connectivity index (χ2n) is 7.25. The minimum absolute atomic E-state index is 0. The van der Waals surface area contributed by atoms with E-state index in [-0.39, 0.29) is 35.8 Å².